The smallest absolute Gasteiger partial charge is 0.154 e. The number of nitrogens with zero attached hydrogens (tertiary/aromatic N) is 1. The highest BCUT2D eigenvalue weighted by Crippen LogP contribution is 2.30. The molecular formula is C13H14Cl2N2O. The number of rotatable bonds is 3. The first kappa shape index (κ1) is 13.2. The molecule has 0 radical (unpaired) electrons. The van der Waals surface area contributed by atoms with Crippen LogP contribution < -0.4 is 5.32 Å². The second-order valence-electron chi connectivity index (χ2n) is 4.24. The van der Waals surface area contributed by atoms with Crippen LogP contribution in [0.2, 0.25) is 10.3 Å². The summed E-state index contributed by atoms with van der Waals surface area (Å²) in [7, 11) is 0. The summed E-state index contributed by atoms with van der Waals surface area (Å²) in [5, 5.41) is 4.05. The summed E-state index contributed by atoms with van der Waals surface area (Å²) in [5.41, 5.74) is 1.73. The maximum Gasteiger partial charge on any atom is 0.154 e. The predicted molar refractivity (Wildman–Crippen MR) is 74.5 cm³/mol. The maximum absolute atomic E-state index is 6.08. The summed E-state index contributed by atoms with van der Waals surface area (Å²) >= 11 is 11.9. The van der Waals surface area contributed by atoms with Crippen molar-refractivity contribution in [1.29, 1.82) is 0 Å². The molecule has 5 heteroatoms. The number of nitrogens with one attached hydrogen (secondary N) is 1. The summed E-state index contributed by atoms with van der Waals surface area (Å²) in [4.78, 5) is 4.02. The van der Waals surface area contributed by atoms with Crippen molar-refractivity contribution in [2.75, 3.05) is 5.32 Å². The number of halogens is 2. The second kappa shape index (κ2) is 5.21. The van der Waals surface area contributed by atoms with E-state index in [9.17, 15) is 0 Å². The van der Waals surface area contributed by atoms with Gasteiger partial charge in [-0.3, -0.25) is 0 Å². The molecule has 96 valence electrons. The normalized spacial score (nSPS) is 12.5. The van der Waals surface area contributed by atoms with Crippen LogP contribution in [0.15, 0.2) is 22.6 Å². The molecule has 0 saturated carbocycles. The predicted octanol–water partition coefficient (Wildman–Crippen LogP) is 4.77. The van der Waals surface area contributed by atoms with Crippen LogP contribution in [0.1, 0.15) is 30.0 Å². The van der Waals surface area contributed by atoms with Gasteiger partial charge in [0.15, 0.2) is 5.15 Å². The molecule has 1 atom stereocenters. The minimum atomic E-state index is 0.0119. The minimum Gasteiger partial charge on any atom is -0.464 e. The summed E-state index contributed by atoms with van der Waals surface area (Å²) in [5.74, 6) is 1.74. The summed E-state index contributed by atoms with van der Waals surface area (Å²) in [6, 6.07) is 5.66. The van der Waals surface area contributed by atoms with Crippen molar-refractivity contribution in [3.05, 3.63) is 45.6 Å². The molecule has 0 bridgehead atoms. The lowest BCUT2D eigenvalue weighted by molar-refractivity contribution is 0.467. The van der Waals surface area contributed by atoms with Crippen molar-refractivity contribution in [2.45, 2.75) is 26.8 Å². The first-order chi connectivity index (χ1) is 8.47. The van der Waals surface area contributed by atoms with E-state index < -0.39 is 0 Å². The van der Waals surface area contributed by atoms with Crippen LogP contribution in [-0.2, 0) is 0 Å². The van der Waals surface area contributed by atoms with E-state index in [1.807, 2.05) is 32.9 Å². The van der Waals surface area contributed by atoms with Crippen molar-refractivity contribution in [1.82, 2.24) is 4.98 Å². The fourth-order valence-electron chi connectivity index (χ4n) is 1.74. The van der Waals surface area contributed by atoms with Gasteiger partial charge in [-0.1, -0.05) is 23.2 Å². The van der Waals surface area contributed by atoms with Gasteiger partial charge in [0.25, 0.3) is 0 Å². The third-order valence-corrected chi connectivity index (χ3v) is 3.16. The van der Waals surface area contributed by atoms with Crippen LogP contribution >= 0.6 is 23.2 Å². The first-order valence-corrected chi connectivity index (χ1v) is 6.38. The van der Waals surface area contributed by atoms with Gasteiger partial charge in [-0.2, -0.15) is 0 Å². The molecule has 0 fully saturated rings. The van der Waals surface area contributed by atoms with E-state index in [1.165, 1.54) is 0 Å². The molecule has 0 saturated heterocycles. The largest absolute Gasteiger partial charge is 0.464 e. The minimum absolute atomic E-state index is 0.0119. The Morgan fingerprint density at radius 3 is 2.56 bits per heavy atom. The zero-order valence-corrected chi connectivity index (χ0v) is 11.9. The van der Waals surface area contributed by atoms with Crippen LogP contribution in [0.4, 0.5) is 5.69 Å². The molecule has 2 aromatic heterocycles. The average molecular weight is 285 g/mol. The molecule has 3 nitrogen and oxygen atoms in total. The molecular weight excluding hydrogens is 271 g/mol. The molecule has 0 spiro atoms. The number of hydrogen-bond acceptors (Lipinski definition) is 3. The number of anilines is 1. The lowest BCUT2D eigenvalue weighted by Gasteiger charge is -2.16. The Morgan fingerprint density at radius 2 is 2.00 bits per heavy atom. The number of pyridine rings is 1. The SMILES string of the molecule is Cc1ccc(C(C)Nc2c(C)cc(Cl)nc2Cl)o1. The Labute approximate surface area is 116 Å². The third kappa shape index (κ3) is 2.79. The molecule has 0 aliphatic heterocycles. The molecule has 2 aromatic rings. The number of aromatic nitrogens is 1. The van der Waals surface area contributed by atoms with Gasteiger partial charge < -0.3 is 9.73 Å². The van der Waals surface area contributed by atoms with Crippen LogP contribution in [0.5, 0.6) is 0 Å². The van der Waals surface area contributed by atoms with Gasteiger partial charge in [0.2, 0.25) is 0 Å². The molecule has 18 heavy (non-hydrogen) atoms. The third-order valence-electron chi connectivity index (χ3n) is 2.69. The quantitative estimate of drug-likeness (QED) is 0.825. The molecule has 2 heterocycles. The molecule has 1 unspecified atom stereocenters. The van der Waals surface area contributed by atoms with E-state index in [2.05, 4.69) is 10.3 Å². The molecule has 0 aliphatic carbocycles. The Kier molecular flexibility index (Phi) is 3.83. The highest BCUT2D eigenvalue weighted by Gasteiger charge is 2.14. The van der Waals surface area contributed by atoms with E-state index in [1.54, 1.807) is 6.07 Å². The topological polar surface area (TPSA) is 38.1 Å². The van der Waals surface area contributed by atoms with E-state index >= 15 is 0 Å². The van der Waals surface area contributed by atoms with Gasteiger partial charge in [0, 0.05) is 0 Å². The maximum atomic E-state index is 6.08. The Morgan fingerprint density at radius 1 is 1.28 bits per heavy atom. The molecule has 2 rings (SSSR count). The Balaban J connectivity index is 2.24. The van der Waals surface area contributed by atoms with E-state index in [0.717, 1.165) is 22.8 Å². The van der Waals surface area contributed by atoms with Crippen molar-refractivity contribution >= 4 is 28.9 Å². The Bertz CT molecular complexity index is 543. The van der Waals surface area contributed by atoms with Gasteiger partial charge in [-0.25, -0.2) is 4.98 Å². The molecule has 0 aliphatic rings. The van der Waals surface area contributed by atoms with Gasteiger partial charge in [0.1, 0.15) is 16.7 Å². The number of furan rings is 1. The summed E-state index contributed by atoms with van der Waals surface area (Å²) in [6.45, 7) is 5.85. The van der Waals surface area contributed by atoms with Crippen LogP contribution in [0, 0.1) is 13.8 Å². The highest BCUT2D eigenvalue weighted by molar-refractivity contribution is 6.34. The van der Waals surface area contributed by atoms with E-state index in [-0.39, 0.29) is 6.04 Å². The Hall–Kier alpha value is -1.19. The van der Waals surface area contributed by atoms with Gasteiger partial charge >= 0.3 is 0 Å². The van der Waals surface area contributed by atoms with Crippen LogP contribution in [-0.4, -0.2) is 4.98 Å². The summed E-state index contributed by atoms with van der Waals surface area (Å²) < 4.78 is 5.57. The van der Waals surface area contributed by atoms with Crippen molar-refractivity contribution in [3.8, 4) is 0 Å². The second-order valence-corrected chi connectivity index (χ2v) is 4.99. The van der Waals surface area contributed by atoms with E-state index in [0.29, 0.717) is 10.3 Å². The van der Waals surface area contributed by atoms with Crippen molar-refractivity contribution < 1.29 is 4.42 Å². The van der Waals surface area contributed by atoms with Gasteiger partial charge in [0.05, 0.1) is 11.7 Å². The molecule has 1 N–H and O–H groups in total. The zero-order valence-electron chi connectivity index (χ0n) is 10.4. The van der Waals surface area contributed by atoms with Crippen LogP contribution in [0.25, 0.3) is 0 Å². The fourth-order valence-corrected chi connectivity index (χ4v) is 2.33. The average Bonchev–Trinajstić information content (AvgIpc) is 2.70. The van der Waals surface area contributed by atoms with Crippen LogP contribution in [0.3, 0.4) is 0 Å². The lowest BCUT2D eigenvalue weighted by Crippen LogP contribution is -2.08. The van der Waals surface area contributed by atoms with E-state index in [4.69, 9.17) is 27.6 Å². The highest BCUT2D eigenvalue weighted by atomic mass is 35.5. The summed E-state index contributed by atoms with van der Waals surface area (Å²) in [6.07, 6.45) is 0. The van der Waals surface area contributed by atoms with Crippen molar-refractivity contribution in [2.24, 2.45) is 0 Å². The number of aryl methyl sites for hydroxylation is 2. The standard InChI is InChI=1S/C13H14Cl2N2O/c1-7-6-11(14)17-13(15)12(7)16-9(3)10-5-4-8(2)18-10/h4-6,9,16H,1-3H3. The van der Waals surface area contributed by atoms with Gasteiger partial charge in [-0.15, -0.1) is 0 Å². The molecule has 0 amide bonds. The molecule has 0 aromatic carbocycles. The first-order valence-electron chi connectivity index (χ1n) is 5.63. The fraction of sp³-hybridized carbons (Fsp3) is 0.308. The van der Waals surface area contributed by atoms with Crippen molar-refractivity contribution in [3.63, 3.8) is 0 Å². The lowest BCUT2D eigenvalue weighted by atomic mass is 10.2. The van der Waals surface area contributed by atoms with Gasteiger partial charge in [-0.05, 0) is 44.5 Å². The zero-order chi connectivity index (χ0) is 13.3. The number of hydrogen-bond donors (Lipinski definition) is 1. The monoisotopic (exact) mass is 284 g/mol.